The molecule has 5 rings (SSSR count). The van der Waals surface area contributed by atoms with Crippen LogP contribution in [0.2, 0.25) is 0 Å². The molecule has 0 saturated heterocycles. The van der Waals surface area contributed by atoms with Crippen LogP contribution in [0.3, 0.4) is 0 Å². The predicted molar refractivity (Wildman–Crippen MR) is 137 cm³/mol. The monoisotopic (exact) mass is 495 g/mol. The number of H-pyrrole nitrogens is 1. The summed E-state index contributed by atoms with van der Waals surface area (Å²) in [4.78, 5) is 6.21. The van der Waals surface area contributed by atoms with E-state index in [1.54, 1.807) is 17.8 Å². The Morgan fingerprint density at radius 1 is 1.06 bits per heavy atom. The molecule has 9 heteroatoms. The lowest BCUT2D eigenvalue weighted by Crippen LogP contribution is -2.27. The summed E-state index contributed by atoms with van der Waals surface area (Å²) in [6, 6.07) is 13.9. The third-order valence-corrected chi connectivity index (χ3v) is 8.73. The number of nitrogens with one attached hydrogen (secondary N) is 1. The van der Waals surface area contributed by atoms with Crippen LogP contribution in [0.4, 0.5) is 0 Å². The molecule has 7 nitrogen and oxygen atoms in total. The Hall–Kier alpha value is -2.62. The summed E-state index contributed by atoms with van der Waals surface area (Å²) in [5.74, 6) is 1.84. The molecule has 4 aromatic rings. The molecule has 1 aliphatic rings. The zero-order valence-corrected chi connectivity index (χ0v) is 21.1. The highest BCUT2D eigenvalue weighted by molar-refractivity contribution is 7.99. The van der Waals surface area contributed by atoms with Crippen LogP contribution in [-0.2, 0) is 29.7 Å². The number of aromatic amines is 1. The average molecular weight is 496 g/mol. The maximum Gasteiger partial charge on any atom is 0.191 e. The molecule has 1 N–H and O–H groups in total. The maximum absolute atomic E-state index is 11.9. The number of fused-ring (bicyclic) bond motifs is 2. The molecule has 0 saturated carbocycles. The molecular weight excluding hydrogens is 466 g/mol. The summed E-state index contributed by atoms with van der Waals surface area (Å²) in [5, 5.41) is 11.0. The first kappa shape index (κ1) is 23.1. The highest BCUT2D eigenvalue weighted by Gasteiger charge is 2.17. The van der Waals surface area contributed by atoms with E-state index in [1.165, 1.54) is 22.8 Å². The number of para-hydroxylation sites is 1. The quantitative estimate of drug-likeness (QED) is 0.309. The van der Waals surface area contributed by atoms with Crippen molar-refractivity contribution < 1.29 is 8.42 Å². The molecule has 3 heterocycles. The van der Waals surface area contributed by atoms with Gasteiger partial charge in [0.25, 0.3) is 0 Å². The van der Waals surface area contributed by atoms with E-state index in [0.717, 1.165) is 66.7 Å². The van der Waals surface area contributed by atoms with Gasteiger partial charge in [-0.2, -0.15) is 0 Å². The summed E-state index contributed by atoms with van der Waals surface area (Å²) in [6.07, 6.45) is 6.14. The van der Waals surface area contributed by atoms with Crippen molar-refractivity contribution in [2.45, 2.75) is 29.3 Å². The molecular formula is C25H29N5O2S2. The van der Waals surface area contributed by atoms with Crippen LogP contribution in [0.25, 0.3) is 22.3 Å². The molecule has 0 radical (unpaired) electrons. The zero-order chi connectivity index (χ0) is 23.7. The normalized spacial score (nSPS) is 14.9. The van der Waals surface area contributed by atoms with E-state index >= 15 is 0 Å². The molecule has 0 aliphatic carbocycles. The van der Waals surface area contributed by atoms with E-state index in [0.29, 0.717) is 4.90 Å². The second kappa shape index (κ2) is 9.56. The molecule has 0 atom stereocenters. The second-order valence-corrected chi connectivity index (χ2v) is 11.9. The van der Waals surface area contributed by atoms with Gasteiger partial charge in [0.1, 0.15) is 0 Å². The Balaban J connectivity index is 1.16. The first-order chi connectivity index (χ1) is 16.4. The van der Waals surface area contributed by atoms with E-state index in [1.807, 2.05) is 25.4 Å². The lowest BCUT2D eigenvalue weighted by atomic mass is 10.0. The third-order valence-electron chi connectivity index (χ3n) is 6.51. The maximum atomic E-state index is 11.9. The highest BCUT2D eigenvalue weighted by Crippen LogP contribution is 2.28. The summed E-state index contributed by atoms with van der Waals surface area (Å²) in [6.45, 7) is 2.98. The van der Waals surface area contributed by atoms with Crippen LogP contribution in [0.5, 0.6) is 0 Å². The minimum atomic E-state index is -3.16. The highest BCUT2D eigenvalue weighted by atomic mass is 32.2. The van der Waals surface area contributed by atoms with Crippen molar-refractivity contribution in [1.29, 1.82) is 0 Å². The number of thioether (sulfide) groups is 1. The standard InChI is InChI=1S/C25H29N5O2S2/c1-29-24(22-6-3-5-19-9-12-26-23(19)22)27-28-25(29)33-16-4-13-30-14-10-18-7-8-21(34(2,31)32)17-20(18)11-15-30/h3,5-9,12,17,26H,4,10-11,13-16H2,1-2H3. The molecule has 0 fully saturated rings. The molecule has 34 heavy (non-hydrogen) atoms. The minimum Gasteiger partial charge on any atom is -0.361 e. The summed E-state index contributed by atoms with van der Waals surface area (Å²) >= 11 is 1.74. The number of sulfone groups is 1. The van der Waals surface area contributed by atoms with E-state index in [4.69, 9.17) is 0 Å². The van der Waals surface area contributed by atoms with Crippen molar-refractivity contribution in [1.82, 2.24) is 24.6 Å². The number of hydrogen-bond donors (Lipinski definition) is 1. The van der Waals surface area contributed by atoms with Gasteiger partial charge >= 0.3 is 0 Å². The van der Waals surface area contributed by atoms with Gasteiger partial charge < -0.3 is 14.5 Å². The lowest BCUT2D eigenvalue weighted by Gasteiger charge is -2.19. The Bertz CT molecular complexity index is 1420. The zero-order valence-electron chi connectivity index (χ0n) is 19.5. The molecule has 178 valence electrons. The van der Waals surface area contributed by atoms with Crippen molar-refractivity contribution in [3.05, 3.63) is 59.8 Å². The van der Waals surface area contributed by atoms with Gasteiger partial charge in [0.15, 0.2) is 20.8 Å². The summed E-state index contributed by atoms with van der Waals surface area (Å²) in [7, 11) is -1.14. The first-order valence-corrected chi connectivity index (χ1v) is 14.4. The third kappa shape index (κ3) is 4.78. The molecule has 0 bridgehead atoms. The van der Waals surface area contributed by atoms with Crippen molar-refractivity contribution in [2.75, 3.05) is 31.6 Å². The van der Waals surface area contributed by atoms with Crippen molar-refractivity contribution in [3.63, 3.8) is 0 Å². The topological polar surface area (TPSA) is 83.9 Å². The van der Waals surface area contributed by atoms with Gasteiger partial charge in [-0.15, -0.1) is 10.2 Å². The van der Waals surface area contributed by atoms with E-state index in [2.05, 4.69) is 48.9 Å². The fourth-order valence-electron chi connectivity index (χ4n) is 4.60. The SMILES string of the molecule is Cn1c(SCCCN2CCc3ccc(S(C)(=O)=O)cc3CC2)nnc1-c1cccc2cc[nH]c12. The summed E-state index contributed by atoms with van der Waals surface area (Å²) in [5.41, 5.74) is 4.59. The number of nitrogens with zero attached hydrogens (tertiary/aromatic N) is 4. The van der Waals surface area contributed by atoms with Crippen LogP contribution in [0.15, 0.2) is 58.7 Å². The molecule has 1 aliphatic heterocycles. The van der Waals surface area contributed by atoms with E-state index < -0.39 is 9.84 Å². The predicted octanol–water partition coefficient (Wildman–Crippen LogP) is 3.95. The number of benzene rings is 2. The van der Waals surface area contributed by atoms with Crippen molar-refractivity contribution >= 4 is 32.5 Å². The van der Waals surface area contributed by atoms with Gasteiger partial charge in [0.2, 0.25) is 0 Å². The van der Waals surface area contributed by atoms with E-state index in [-0.39, 0.29) is 0 Å². The lowest BCUT2D eigenvalue weighted by molar-refractivity contribution is 0.289. The molecule has 0 spiro atoms. The van der Waals surface area contributed by atoms with Crippen LogP contribution in [0, 0.1) is 0 Å². The van der Waals surface area contributed by atoms with Gasteiger partial charge in [0.05, 0.1) is 10.4 Å². The Morgan fingerprint density at radius 3 is 2.71 bits per heavy atom. The van der Waals surface area contributed by atoms with Crippen LogP contribution in [-0.4, -0.2) is 64.7 Å². The van der Waals surface area contributed by atoms with Gasteiger partial charge in [-0.1, -0.05) is 30.0 Å². The van der Waals surface area contributed by atoms with Crippen LogP contribution >= 0.6 is 11.8 Å². The molecule has 0 unspecified atom stereocenters. The Morgan fingerprint density at radius 2 is 1.88 bits per heavy atom. The molecule has 2 aromatic carbocycles. The van der Waals surface area contributed by atoms with Gasteiger partial charge in [0, 0.05) is 49.3 Å². The Labute approximate surface area is 204 Å². The number of aromatic nitrogens is 4. The van der Waals surface area contributed by atoms with Gasteiger partial charge in [-0.05, 0) is 61.2 Å². The van der Waals surface area contributed by atoms with Crippen molar-refractivity contribution in [2.24, 2.45) is 7.05 Å². The number of hydrogen-bond acceptors (Lipinski definition) is 6. The Kier molecular flexibility index (Phi) is 6.50. The minimum absolute atomic E-state index is 0.423. The second-order valence-electron chi connectivity index (χ2n) is 8.86. The molecule has 2 aromatic heterocycles. The summed E-state index contributed by atoms with van der Waals surface area (Å²) < 4.78 is 25.8. The fourth-order valence-corrected chi connectivity index (χ4v) is 6.11. The van der Waals surface area contributed by atoms with Gasteiger partial charge in [-0.25, -0.2) is 8.42 Å². The smallest absolute Gasteiger partial charge is 0.191 e. The first-order valence-electron chi connectivity index (χ1n) is 11.5. The fraction of sp³-hybridized carbons (Fsp3) is 0.360. The van der Waals surface area contributed by atoms with Crippen LogP contribution < -0.4 is 0 Å². The van der Waals surface area contributed by atoms with Gasteiger partial charge in [-0.3, -0.25) is 0 Å². The molecule has 0 amide bonds. The van der Waals surface area contributed by atoms with Crippen LogP contribution in [0.1, 0.15) is 17.5 Å². The number of rotatable bonds is 7. The average Bonchev–Trinajstić information content (AvgIpc) is 3.38. The largest absolute Gasteiger partial charge is 0.361 e. The van der Waals surface area contributed by atoms with E-state index in [9.17, 15) is 8.42 Å². The van der Waals surface area contributed by atoms with Crippen molar-refractivity contribution in [3.8, 4) is 11.4 Å².